The molecule has 0 saturated heterocycles. The Kier molecular flexibility index (Phi) is 5.10. The fourth-order valence-electron chi connectivity index (χ4n) is 3.86. The molecule has 0 aliphatic carbocycles. The number of benzene rings is 2. The number of aryl methyl sites for hydroxylation is 1. The van der Waals surface area contributed by atoms with Crippen molar-refractivity contribution in [2.24, 2.45) is 0 Å². The summed E-state index contributed by atoms with van der Waals surface area (Å²) in [6.07, 6.45) is 1.54. The van der Waals surface area contributed by atoms with Gasteiger partial charge in [-0.3, -0.25) is 4.79 Å². The van der Waals surface area contributed by atoms with E-state index in [0.29, 0.717) is 16.7 Å². The lowest BCUT2D eigenvalue weighted by molar-refractivity contribution is -0.115. The van der Waals surface area contributed by atoms with Crippen molar-refractivity contribution in [2.75, 3.05) is 11.2 Å². The number of carbonyl (C=O) groups excluding carboxylic acids is 1. The van der Waals surface area contributed by atoms with Crippen LogP contribution in [0.1, 0.15) is 13.8 Å². The number of furan rings is 1. The van der Waals surface area contributed by atoms with E-state index in [1.807, 2.05) is 31.2 Å². The molecule has 1 unspecified atom stereocenters. The maximum absolute atomic E-state index is 12.9. The quantitative estimate of drug-likeness (QED) is 0.294. The molecule has 0 aliphatic heterocycles. The highest BCUT2D eigenvalue weighted by atomic mass is 32.2. The SMILES string of the molecule is CCn1c2ccccc2c2cc(NC(=O)C(C)Sc3nnc(-c4ccco4)n3N)ccc21. The number of anilines is 1. The molecule has 0 bridgehead atoms. The lowest BCUT2D eigenvalue weighted by Crippen LogP contribution is -2.23. The molecule has 162 valence electrons. The number of nitrogens with one attached hydrogen (secondary N) is 1. The third-order valence-electron chi connectivity index (χ3n) is 5.41. The molecule has 3 aromatic heterocycles. The monoisotopic (exact) mass is 446 g/mol. The summed E-state index contributed by atoms with van der Waals surface area (Å²) >= 11 is 1.24. The van der Waals surface area contributed by atoms with Gasteiger partial charge in [-0.2, -0.15) is 0 Å². The van der Waals surface area contributed by atoms with Crippen LogP contribution in [0.3, 0.4) is 0 Å². The van der Waals surface area contributed by atoms with Gasteiger partial charge in [-0.15, -0.1) is 10.2 Å². The molecule has 2 aromatic carbocycles. The molecule has 1 amide bonds. The van der Waals surface area contributed by atoms with Crippen LogP contribution in [-0.2, 0) is 11.3 Å². The Bertz CT molecular complexity index is 1420. The van der Waals surface area contributed by atoms with Gasteiger partial charge in [-0.1, -0.05) is 30.0 Å². The van der Waals surface area contributed by atoms with Crippen LogP contribution in [0.25, 0.3) is 33.4 Å². The van der Waals surface area contributed by atoms with Gasteiger partial charge in [0.1, 0.15) is 0 Å². The zero-order valence-electron chi connectivity index (χ0n) is 17.6. The Balaban J connectivity index is 1.36. The second-order valence-electron chi connectivity index (χ2n) is 7.40. The number of thioether (sulfide) groups is 1. The largest absolute Gasteiger partial charge is 0.461 e. The van der Waals surface area contributed by atoms with Crippen LogP contribution in [0.15, 0.2) is 70.4 Å². The van der Waals surface area contributed by atoms with Crippen LogP contribution in [-0.4, -0.2) is 30.6 Å². The summed E-state index contributed by atoms with van der Waals surface area (Å²) in [5, 5.41) is 13.5. The molecule has 0 radical (unpaired) electrons. The maximum Gasteiger partial charge on any atom is 0.237 e. The van der Waals surface area contributed by atoms with E-state index in [1.165, 1.54) is 27.3 Å². The average Bonchev–Trinajstić information content (AvgIpc) is 3.52. The summed E-state index contributed by atoms with van der Waals surface area (Å²) in [6, 6.07) is 17.8. The van der Waals surface area contributed by atoms with Crippen LogP contribution in [0, 0.1) is 0 Å². The second kappa shape index (κ2) is 8.08. The highest BCUT2D eigenvalue weighted by Crippen LogP contribution is 2.31. The number of fused-ring (bicyclic) bond motifs is 3. The van der Waals surface area contributed by atoms with E-state index in [2.05, 4.69) is 45.2 Å². The third-order valence-corrected chi connectivity index (χ3v) is 6.47. The fraction of sp³-hybridized carbons (Fsp3) is 0.174. The van der Waals surface area contributed by atoms with E-state index in [1.54, 1.807) is 18.4 Å². The molecule has 0 aliphatic rings. The Morgan fingerprint density at radius 2 is 1.94 bits per heavy atom. The number of aromatic nitrogens is 4. The average molecular weight is 447 g/mol. The minimum Gasteiger partial charge on any atom is -0.461 e. The van der Waals surface area contributed by atoms with Crippen molar-refractivity contribution in [2.45, 2.75) is 30.8 Å². The van der Waals surface area contributed by atoms with Gasteiger partial charge >= 0.3 is 0 Å². The normalized spacial score (nSPS) is 12.4. The molecule has 5 aromatic rings. The van der Waals surface area contributed by atoms with Crippen LogP contribution in [0.4, 0.5) is 5.69 Å². The fourth-order valence-corrected chi connectivity index (χ4v) is 4.63. The minimum absolute atomic E-state index is 0.142. The Morgan fingerprint density at radius 3 is 2.72 bits per heavy atom. The molecular formula is C23H22N6O2S. The van der Waals surface area contributed by atoms with E-state index >= 15 is 0 Å². The van der Waals surface area contributed by atoms with Gasteiger partial charge < -0.3 is 20.1 Å². The first-order chi connectivity index (χ1) is 15.6. The van der Waals surface area contributed by atoms with Gasteiger partial charge in [0.2, 0.25) is 16.9 Å². The zero-order valence-corrected chi connectivity index (χ0v) is 18.5. The van der Waals surface area contributed by atoms with Gasteiger partial charge in [-0.25, -0.2) is 4.68 Å². The molecule has 0 saturated carbocycles. The highest BCUT2D eigenvalue weighted by Gasteiger charge is 2.21. The third kappa shape index (κ3) is 3.40. The van der Waals surface area contributed by atoms with Crippen molar-refractivity contribution >= 4 is 45.2 Å². The molecule has 32 heavy (non-hydrogen) atoms. The lowest BCUT2D eigenvalue weighted by atomic mass is 10.1. The molecular weight excluding hydrogens is 424 g/mol. The number of hydrogen-bond acceptors (Lipinski definition) is 6. The molecule has 1 atom stereocenters. The molecule has 3 N–H and O–H groups in total. The number of rotatable bonds is 6. The van der Waals surface area contributed by atoms with Crippen LogP contribution in [0.2, 0.25) is 0 Å². The standard InChI is InChI=1S/C23H22N6O2S/c1-3-28-18-8-5-4-7-16(18)17-13-15(10-11-19(17)28)25-22(30)14(2)32-23-27-26-21(29(23)24)20-9-6-12-31-20/h4-14H,3,24H2,1-2H3,(H,25,30). The first kappa shape index (κ1) is 20.2. The van der Waals surface area contributed by atoms with Gasteiger partial charge in [0.15, 0.2) is 5.76 Å². The molecule has 9 heteroatoms. The summed E-state index contributed by atoms with van der Waals surface area (Å²) in [4.78, 5) is 12.9. The van der Waals surface area contributed by atoms with Crippen LogP contribution < -0.4 is 11.2 Å². The van der Waals surface area contributed by atoms with E-state index in [4.69, 9.17) is 10.3 Å². The van der Waals surface area contributed by atoms with Crippen molar-refractivity contribution in [3.8, 4) is 11.6 Å². The smallest absolute Gasteiger partial charge is 0.237 e. The van der Waals surface area contributed by atoms with Crippen molar-refractivity contribution < 1.29 is 9.21 Å². The Labute approximate surface area is 188 Å². The molecule has 3 heterocycles. The van der Waals surface area contributed by atoms with Crippen molar-refractivity contribution in [3.05, 3.63) is 60.9 Å². The van der Waals surface area contributed by atoms with Gasteiger partial charge in [0.05, 0.1) is 11.5 Å². The minimum atomic E-state index is -0.432. The van der Waals surface area contributed by atoms with E-state index < -0.39 is 5.25 Å². The summed E-state index contributed by atoms with van der Waals surface area (Å²) < 4.78 is 8.94. The van der Waals surface area contributed by atoms with Gasteiger partial charge in [0, 0.05) is 34.0 Å². The predicted octanol–water partition coefficient (Wildman–Crippen LogP) is 4.50. The summed E-state index contributed by atoms with van der Waals surface area (Å²) in [6.45, 7) is 4.82. The predicted molar refractivity (Wildman–Crippen MR) is 127 cm³/mol. The Morgan fingerprint density at radius 1 is 1.12 bits per heavy atom. The zero-order chi connectivity index (χ0) is 22.2. The number of carbonyl (C=O) groups is 1. The molecule has 0 fully saturated rings. The second-order valence-corrected chi connectivity index (χ2v) is 8.70. The first-order valence-electron chi connectivity index (χ1n) is 10.3. The van der Waals surface area contributed by atoms with Crippen LogP contribution >= 0.6 is 11.8 Å². The van der Waals surface area contributed by atoms with E-state index in [-0.39, 0.29) is 5.91 Å². The number of amides is 1. The molecule has 5 rings (SSSR count). The van der Waals surface area contributed by atoms with Crippen LogP contribution in [0.5, 0.6) is 0 Å². The van der Waals surface area contributed by atoms with Gasteiger partial charge in [0.25, 0.3) is 0 Å². The summed E-state index contributed by atoms with van der Waals surface area (Å²) in [5.41, 5.74) is 3.09. The van der Waals surface area contributed by atoms with Crippen molar-refractivity contribution in [1.29, 1.82) is 0 Å². The Hall–Kier alpha value is -3.72. The maximum atomic E-state index is 12.9. The van der Waals surface area contributed by atoms with E-state index in [9.17, 15) is 4.79 Å². The number of nitrogens with zero attached hydrogens (tertiary/aromatic N) is 4. The molecule has 0 spiro atoms. The number of para-hydroxylation sites is 1. The number of nitrogen functional groups attached to an aromatic ring is 1. The summed E-state index contributed by atoms with van der Waals surface area (Å²) in [5.74, 6) is 6.88. The summed E-state index contributed by atoms with van der Waals surface area (Å²) in [7, 11) is 0. The highest BCUT2D eigenvalue weighted by molar-refractivity contribution is 8.00. The van der Waals surface area contributed by atoms with Crippen molar-refractivity contribution in [1.82, 2.24) is 19.4 Å². The molecule has 8 nitrogen and oxygen atoms in total. The number of hydrogen-bond donors (Lipinski definition) is 2. The van der Waals surface area contributed by atoms with Crippen molar-refractivity contribution in [3.63, 3.8) is 0 Å². The van der Waals surface area contributed by atoms with Gasteiger partial charge in [-0.05, 0) is 50.2 Å². The topological polar surface area (TPSA) is 104 Å². The van der Waals surface area contributed by atoms with E-state index in [0.717, 1.165) is 23.1 Å². The first-order valence-corrected chi connectivity index (χ1v) is 11.2. The number of nitrogens with two attached hydrogens (primary N) is 1. The lowest BCUT2D eigenvalue weighted by Gasteiger charge is -2.12.